The van der Waals surface area contributed by atoms with Gasteiger partial charge in [0.25, 0.3) is 5.91 Å². The van der Waals surface area contributed by atoms with E-state index in [-0.39, 0.29) is 5.91 Å². The van der Waals surface area contributed by atoms with Gasteiger partial charge in [-0.3, -0.25) is 4.79 Å². The Kier molecular flexibility index (Phi) is 4.31. The summed E-state index contributed by atoms with van der Waals surface area (Å²) in [6.45, 7) is 1.60. The third-order valence-corrected chi connectivity index (χ3v) is 4.06. The average Bonchev–Trinajstić information content (AvgIpc) is 2.91. The zero-order valence-electron chi connectivity index (χ0n) is 11.2. The number of fused-ring (bicyclic) bond motifs is 1. The number of carbonyl (C=O) groups excluding carboxylic acids is 1. The molecule has 0 unspecified atom stereocenters. The summed E-state index contributed by atoms with van der Waals surface area (Å²) in [5.41, 5.74) is 1.55. The molecule has 110 valence electrons. The van der Waals surface area contributed by atoms with E-state index >= 15 is 0 Å². The summed E-state index contributed by atoms with van der Waals surface area (Å²) < 4.78 is 11.2. The molecule has 1 aromatic heterocycles. The van der Waals surface area contributed by atoms with Crippen molar-refractivity contribution in [2.45, 2.75) is 13.0 Å². The second-order valence-electron chi connectivity index (χ2n) is 4.65. The smallest absolute Gasteiger partial charge is 0.252 e. The highest BCUT2D eigenvalue weighted by Gasteiger charge is 2.16. The molecule has 6 heteroatoms. The highest BCUT2D eigenvalue weighted by Crippen LogP contribution is 2.37. The molecule has 1 aliphatic heterocycles. The molecule has 0 radical (unpaired) electrons. The Morgan fingerprint density at radius 2 is 2.19 bits per heavy atom. The van der Waals surface area contributed by atoms with Gasteiger partial charge in [0, 0.05) is 23.9 Å². The molecule has 2 aromatic rings. The summed E-state index contributed by atoms with van der Waals surface area (Å²) >= 11 is 7.71. The van der Waals surface area contributed by atoms with Crippen molar-refractivity contribution in [3.8, 4) is 11.5 Å². The van der Waals surface area contributed by atoms with Gasteiger partial charge in [0.05, 0.1) is 18.2 Å². The fraction of sp³-hybridized carbons (Fsp3) is 0.267. The highest BCUT2D eigenvalue weighted by molar-refractivity contribution is 7.08. The molecule has 0 spiro atoms. The van der Waals surface area contributed by atoms with Gasteiger partial charge in [-0.05, 0) is 29.1 Å². The quantitative estimate of drug-likeness (QED) is 0.940. The van der Waals surface area contributed by atoms with Gasteiger partial charge in [0.15, 0.2) is 11.5 Å². The zero-order valence-corrected chi connectivity index (χ0v) is 12.8. The van der Waals surface area contributed by atoms with Crippen LogP contribution < -0.4 is 14.8 Å². The lowest BCUT2D eigenvalue weighted by Gasteiger charge is -2.12. The van der Waals surface area contributed by atoms with Crippen molar-refractivity contribution in [3.63, 3.8) is 0 Å². The number of thiophene rings is 1. The number of amides is 1. The van der Waals surface area contributed by atoms with E-state index < -0.39 is 0 Å². The molecular formula is C15H14ClNO3S. The van der Waals surface area contributed by atoms with E-state index in [1.807, 2.05) is 16.8 Å². The summed E-state index contributed by atoms with van der Waals surface area (Å²) in [5.74, 6) is 1.13. The van der Waals surface area contributed by atoms with Gasteiger partial charge in [0.2, 0.25) is 0 Å². The normalized spacial score (nSPS) is 13.6. The topological polar surface area (TPSA) is 47.6 Å². The summed E-state index contributed by atoms with van der Waals surface area (Å²) in [4.78, 5) is 11.9. The third-order valence-electron chi connectivity index (χ3n) is 3.10. The van der Waals surface area contributed by atoms with Crippen LogP contribution in [-0.4, -0.2) is 19.1 Å². The molecule has 1 aromatic carbocycles. The van der Waals surface area contributed by atoms with Crippen LogP contribution in [0.5, 0.6) is 11.5 Å². The minimum atomic E-state index is -0.0977. The first-order valence-electron chi connectivity index (χ1n) is 6.62. The fourth-order valence-corrected chi connectivity index (χ4v) is 2.99. The van der Waals surface area contributed by atoms with E-state index in [0.29, 0.717) is 41.8 Å². The first-order valence-corrected chi connectivity index (χ1v) is 7.94. The molecule has 0 saturated heterocycles. The molecule has 0 bridgehead atoms. The molecule has 0 saturated carbocycles. The van der Waals surface area contributed by atoms with Crippen LogP contribution in [0, 0.1) is 0 Å². The van der Waals surface area contributed by atoms with Crippen LogP contribution >= 0.6 is 22.9 Å². The maximum absolute atomic E-state index is 11.9. The van der Waals surface area contributed by atoms with E-state index in [9.17, 15) is 4.79 Å². The second kappa shape index (κ2) is 6.37. The van der Waals surface area contributed by atoms with Gasteiger partial charge in [-0.25, -0.2) is 0 Å². The Morgan fingerprint density at radius 3 is 3.00 bits per heavy atom. The molecule has 0 aliphatic carbocycles. The van der Waals surface area contributed by atoms with Crippen molar-refractivity contribution in [1.29, 1.82) is 0 Å². The van der Waals surface area contributed by atoms with E-state index in [1.54, 1.807) is 12.1 Å². The second-order valence-corrected chi connectivity index (χ2v) is 5.84. The lowest BCUT2D eigenvalue weighted by Crippen LogP contribution is -2.22. The molecule has 1 amide bonds. The van der Waals surface area contributed by atoms with E-state index in [0.717, 1.165) is 12.0 Å². The van der Waals surface area contributed by atoms with Crippen LogP contribution in [0.1, 0.15) is 22.3 Å². The van der Waals surface area contributed by atoms with Crippen LogP contribution in [0.4, 0.5) is 0 Å². The Morgan fingerprint density at radius 1 is 1.33 bits per heavy atom. The molecular weight excluding hydrogens is 310 g/mol. The van der Waals surface area contributed by atoms with Gasteiger partial charge in [-0.2, -0.15) is 11.3 Å². The molecule has 21 heavy (non-hydrogen) atoms. The maximum Gasteiger partial charge on any atom is 0.252 e. The number of hydrogen-bond acceptors (Lipinski definition) is 4. The Bertz CT molecular complexity index is 643. The van der Waals surface area contributed by atoms with E-state index in [2.05, 4.69) is 5.32 Å². The largest absolute Gasteiger partial charge is 0.489 e. The van der Waals surface area contributed by atoms with Crippen molar-refractivity contribution in [3.05, 3.63) is 45.1 Å². The Labute approximate surface area is 131 Å². The van der Waals surface area contributed by atoms with Crippen molar-refractivity contribution >= 4 is 28.8 Å². The molecule has 2 heterocycles. The highest BCUT2D eigenvalue weighted by atomic mass is 35.5. The van der Waals surface area contributed by atoms with Gasteiger partial charge in [-0.1, -0.05) is 11.6 Å². The number of benzene rings is 1. The van der Waals surface area contributed by atoms with Crippen LogP contribution in [0.25, 0.3) is 0 Å². The molecule has 0 fully saturated rings. The lowest BCUT2D eigenvalue weighted by molar-refractivity contribution is 0.0951. The number of carbonyl (C=O) groups is 1. The van der Waals surface area contributed by atoms with Crippen LogP contribution in [0.2, 0.25) is 5.02 Å². The van der Waals surface area contributed by atoms with Crippen molar-refractivity contribution in [1.82, 2.24) is 5.32 Å². The molecule has 0 atom stereocenters. The first-order chi connectivity index (χ1) is 10.2. The monoisotopic (exact) mass is 323 g/mol. The summed E-state index contributed by atoms with van der Waals surface area (Å²) in [5, 5.41) is 7.06. The third kappa shape index (κ3) is 3.31. The minimum Gasteiger partial charge on any atom is -0.489 e. The number of nitrogens with one attached hydrogen (secondary N) is 1. The summed E-state index contributed by atoms with van der Waals surface area (Å²) in [6.07, 6.45) is 0.829. The van der Waals surface area contributed by atoms with E-state index in [1.165, 1.54) is 11.3 Å². The van der Waals surface area contributed by atoms with Crippen LogP contribution in [-0.2, 0) is 6.54 Å². The van der Waals surface area contributed by atoms with Crippen LogP contribution in [0.3, 0.4) is 0 Å². The predicted octanol–water partition coefficient (Wildman–Crippen LogP) is 3.49. The molecule has 1 aliphatic rings. The molecule has 4 nitrogen and oxygen atoms in total. The first kappa shape index (κ1) is 14.2. The standard InChI is InChI=1S/C15H14ClNO3S/c16-12-6-10(7-13-14(12)20-4-1-3-19-13)8-17-15(18)11-2-5-21-9-11/h2,5-7,9H,1,3-4,8H2,(H,17,18). The average molecular weight is 324 g/mol. The predicted molar refractivity (Wildman–Crippen MR) is 82.5 cm³/mol. The van der Waals surface area contributed by atoms with E-state index in [4.69, 9.17) is 21.1 Å². The lowest BCUT2D eigenvalue weighted by atomic mass is 10.2. The van der Waals surface area contributed by atoms with Gasteiger partial charge in [0.1, 0.15) is 0 Å². The van der Waals surface area contributed by atoms with Crippen molar-refractivity contribution < 1.29 is 14.3 Å². The minimum absolute atomic E-state index is 0.0977. The summed E-state index contributed by atoms with van der Waals surface area (Å²) in [7, 11) is 0. The van der Waals surface area contributed by atoms with Gasteiger partial charge in [-0.15, -0.1) is 0 Å². The van der Waals surface area contributed by atoms with Gasteiger partial charge < -0.3 is 14.8 Å². The molecule has 3 rings (SSSR count). The summed E-state index contributed by atoms with van der Waals surface area (Å²) in [6, 6.07) is 5.45. The number of ether oxygens (including phenoxy) is 2. The SMILES string of the molecule is O=C(NCc1cc(Cl)c2c(c1)OCCCO2)c1ccsc1. The fourth-order valence-electron chi connectivity index (χ4n) is 2.06. The number of hydrogen-bond donors (Lipinski definition) is 1. The number of rotatable bonds is 3. The zero-order chi connectivity index (χ0) is 14.7. The van der Waals surface area contributed by atoms with Crippen molar-refractivity contribution in [2.24, 2.45) is 0 Å². The maximum atomic E-state index is 11.9. The van der Waals surface area contributed by atoms with Crippen LogP contribution in [0.15, 0.2) is 29.0 Å². The van der Waals surface area contributed by atoms with Crippen molar-refractivity contribution in [2.75, 3.05) is 13.2 Å². The Hall–Kier alpha value is -1.72. The molecule has 1 N–H and O–H groups in total. The Balaban J connectivity index is 1.73. The number of halogens is 1. The van der Waals surface area contributed by atoms with Gasteiger partial charge >= 0.3 is 0 Å².